The van der Waals surface area contributed by atoms with Gasteiger partial charge in [-0.25, -0.2) is 15.2 Å². The monoisotopic (exact) mass is 867 g/mol. The molecule has 0 saturated carbocycles. The van der Waals surface area contributed by atoms with Crippen LogP contribution in [-0.2, 0) is 41.5 Å². The summed E-state index contributed by atoms with van der Waals surface area (Å²) in [5.41, 5.74) is 11.0. The molecule has 1 aromatic carbocycles. The van der Waals surface area contributed by atoms with Gasteiger partial charge in [0.15, 0.2) is 0 Å². The number of aromatic nitrogens is 3. The molecule has 8 rings (SSSR count). The molecule has 3 N–H and O–H groups in total. The van der Waals surface area contributed by atoms with Crippen LogP contribution >= 0.6 is 11.3 Å². The number of hydrazine groups is 1. The van der Waals surface area contributed by atoms with Gasteiger partial charge in [-0.05, 0) is 95.2 Å². The maximum Gasteiger partial charge on any atom is 0.408 e. The average Bonchev–Trinajstić information content (AvgIpc) is 3.85. The van der Waals surface area contributed by atoms with Crippen LogP contribution in [0.2, 0.25) is 0 Å². The molecule has 2 amide bonds. The minimum atomic E-state index is -1.03. The number of thiazole rings is 1. The Morgan fingerprint density at radius 2 is 1.97 bits per heavy atom. The summed E-state index contributed by atoms with van der Waals surface area (Å²) >= 11 is 1.45. The Bertz CT molecular complexity index is 2380. The minimum Gasteiger partial charge on any atom is -0.464 e. The van der Waals surface area contributed by atoms with Crippen molar-refractivity contribution in [2.45, 2.75) is 129 Å². The molecule has 4 aliphatic rings. The molecule has 8 bridgehead atoms. The molecule has 332 valence electrons. The van der Waals surface area contributed by atoms with Gasteiger partial charge in [0.1, 0.15) is 17.7 Å². The van der Waals surface area contributed by atoms with E-state index in [0.717, 1.165) is 56.7 Å². The van der Waals surface area contributed by atoms with Crippen LogP contribution < -0.4 is 16.1 Å². The fourth-order valence-electron chi connectivity index (χ4n) is 9.20. The number of esters is 1. The van der Waals surface area contributed by atoms with Gasteiger partial charge in [0, 0.05) is 77.2 Å². The second-order valence-electron chi connectivity index (χ2n) is 19.0. The molecule has 4 aromatic rings. The number of benzene rings is 1. The molecular formula is C47H61N7O7S. The predicted octanol–water partition coefficient (Wildman–Crippen LogP) is 7.32. The Balaban J connectivity index is 1.28. The lowest BCUT2D eigenvalue weighted by atomic mass is 9.83. The highest BCUT2D eigenvalue weighted by molar-refractivity contribution is 7.10. The largest absolute Gasteiger partial charge is 0.464 e. The van der Waals surface area contributed by atoms with Crippen LogP contribution in [0.5, 0.6) is 0 Å². The van der Waals surface area contributed by atoms with E-state index in [1.807, 2.05) is 25.4 Å². The number of hydrogen-bond acceptors (Lipinski definition) is 12. The topological polar surface area (TPSA) is 158 Å². The average molecular weight is 868 g/mol. The SMILES string of the molecule is CCn1c(-c2cc(C3=C[C@@H]4COC[C@H](C3)N4)cnc2[C@H](C)OC)c2c3cc(ccc31)-c1csc(n1)[C@@H](C)[C@H](NC(=O)OC(C)(C)C)C(=O)N1CCC[C@H](N1)C(=O)OCC(C)(C)C2. The van der Waals surface area contributed by atoms with Gasteiger partial charge in [-0.3, -0.25) is 19.6 Å². The van der Waals surface area contributed by atoms with Crippen molar-refractivity contribution < 1.29 is 33.3 Å². The van der Waals surface area contributed by atoms with Gasteiger partial charge in [-0.2, -0.15) is 0 Å². The zero-order valence-corrected chi connectivity index (χ0v) is 38.2. The van der Waals surface area contributed by atoms with Crippen molar-refractivity contribution in [3.8, 4) is 22.5 Å². The highest BCUT2D eigenvalue weighted by Gasteiger charge is 2.39. The van der Waals surface area contributed by atoms with E-state index >= 15 is 0 Å². The van der Waals surface area contributed by atoms with Gasteiger partial charge in [0.05, 0.1) is 48.0 Å². The summed E-state index contributed by atoms with van der Waals surface area (Å²) in [4.78, 5) is 51.8. The van der Waals surface area contributed by atoms with E-state index in [2.05, 4.69) is 71.7 Å². The summed E-state index contributed by atoms with van der Waals surface area (Å²) in [6, 6.07) is 7.40. The van der Waals surface area contributed by atoms with Crippen LogP contribution in [0, 0.1) is 5.41 Å². The van der Waals surface area contributed by atoms with Crippen LogP contribution in [0.4, 0.5) is 4.79 Å². The second-order valence-corrected chi connectivity index (χ2v) is 19.9. The summed E-state index contributed by atoms with van der Waals surface area (Å²) in [6.45, 7) is 18.2. The van der Waals surface area contributed by atoms with Crippen LogP contribution in [-0.4, -0.2) is 101 Å². The maximum absolute atomic E-state index is 14.3. The molecule has 0 aliphatic carbocycles. The van der Waals surface area contributed by atoms with Crippen LogP contribution in [0.1, 0.15) is 109 Å². The van der Waals surface area contributed by atoms with Gasteiger partial charge < -0.3 is 34.1 Å². The lowest BCUT2D eigenvalue weighted by molar-refractivity contribution is -0.155. The lowest BCUT2D eigenvalue weighted by Crippen LogP contribution is -2.61. The molecule has 0 unspecified atom stereocenters. The second kappa shape index (κ2) is 17.5. The molecular weight excluding hydrogens is 807 g/mol. The zero-order valence-electron chi connectivity index (χ0n) is 37.4. The fraction of sp³-hybridized carbons (Fsp3) is 0.553. The number of nitrogens with zero attached hydrogens (tertiary/aromatic N) is 4. The standard InChI is InChI=1S/C47H61N7O7S/c1-10-53-38-14-13-28-18-33(38)35(41(53)34-19-30(21-48-40(34)27(3)58-9)29-16-31-22-59-23-32(17-29)49-31)20-47(7,8)25-60-44(56)36-12-11-15-54(52-36)43(55)39(51-45(57)61-46(4,5)6)26(2)42-50-37(28)24-62-42/h13-14,16,18-19,21,24,26-27,31-32,36,39,49,52H,10-12,15,17,20,22-23,25H2,1-9H3,(H,51,57)/t26-,27-,31+,32-,36-,39-/m0/s1. The first-order valence-electron chi connectivity index (χ1n) is 21.9. The summed E-state index contributed by atoms with van der Waals surface area (Å²) in [5, 5.41) is 11.7. The third-order valence-electron chi connectivity index (χ3n) is 12.3. The van der Waals surface area contributed by atoms with E-state index in [-0.39, 0.29) is 30.7 Å². The van der Waals surface area contributed by atoms with Crippen LogP contribution in [0.15, 0.2) is 41.9 Å². The third kappa shape index (κ3) is 9.05. The first-order valence-corrected chi connectivity index (χ1v) is 22.8. The van der Waals surface area contributed by atoms with Gasteiger partial charge >= 0.3 is 12.1 Å². The van der Waals surface area contributed by atoms with Crippen molar-refractivity contribution in [3.05, 3.63) is 63.7 Å². The Morgan fingerprint density at radius 3 is 2.71 bits per heavy atom. The van der Waals surface area contributed by atoms with Crippen molar-refractivity contribution in [1.82, 2.24) is 35.6 Å². The number of morpholine rings is 1. The van der Waals surface area contributed by atoms with Gasteiger partial charge in [-0.15, -0.1) is 11.3 Å². The number of carbonyl (C=O) groups excluding carboxylic acids is 3. The first-order chi connectivity index (χ1) is 29.5. The number of alkyl carbamates (subject to hydrolysis) is 1. The fourth-order valence-corrected chi connectivity index (χ4v) is 10.1. The van der Waals surface area contributed by atoms with Crippen LogP contribution in [0.25, 0.3) is 39.0 Å². The van der Waals surface area contributed by atoms with Gasteiger partial charge in [0.2, 0.25) is 0 Å². The van der Waals surface area contributed by atoms with Gasteiger partial charge in [0.25, 0.3) is 5.91 Å². The Labute approximate surface area is 368 Å². The molecule has 62 heavy (non-hydrogen) atoms. The number of aryl methyl sites for hydroxylation is 1. The zero-order chi connectivity index (χ0) is 44.1. The number of amides is 2. The van der Waals surface area contributed by atoms with E-state index in [4.69, 9.17) is 28.9 Å². The molecule has 3 aromatic heterocycles. The Hall–Kier alpha value is -4.67. The van der Waals surface area contributed by atoms with E-state index in [1.165, 1.54) is 21.9 Å². The van der Waals surface area contributed by atoms with E-state index < -0.39 is 41.1 Å². The van der Waals surface area contributed by atoms with Crippen molar-refractivity contribution >= 4 is 45.8 Å². The normalized spacial score (nSPS) is 24.8. The lowest BCUT2D eigenvalue weighted by Gasteiger charge is -2.36. The molecule has 7 heterocycles. The number of rotatable bonds is 6. The number of cyclic esters (lactones) is 1. The van der Waals surface area contributed by atoms with E-state index in [1.54, 1.807) is 27.9 Å². The van der Waals surface area contributed by atoms with Crippen molar-refractivity contribution in [2.24, 2.45) is 5.41 Å². The number of ether oxygens (including phenoxy) is 4. The summed E-state index contributed by atoms with van der Waals surface area (Å²) in [7, 11) is 1.72. The molecule has 0 spiro atoms. The number of methoxy groups -OCH3 is 1. The Kier molecular flexibility index (Phi) is 12.4. The Morgan fingerprint density at radius 1 is 1.16 bits per heavy atom. The first kappa shape index (κ1) is 44.0. The number of hydrogen-bond donors (Lipinski definition) is 3. The van der Waals surface area contributed by atoms with E-state index in [0.29, 0.717) is 50.6 Å². The van der Waals surface area contributed by atoms with E-state index in [9.17, 15) is 14.4 Å². The third-order valence-corrected chi connectivity index (χ3v) is 13.4. The minimum absolute atomic E-state index is 0.148. The molecule has 2 fully saturated rings. The summed E-state index contributed by atoms with van der Waals surface area (Å²) in [6.07, 6.45) is 5.78. The smallest absolute Gasteiger partial charge is 0.408 e. The van der Waals surface area contributed by atoms with Crippen molar-refractivity contribution in [3.63, 3.8) is 0 Å². The van der Waals surface area contributed by atoms with Gasteiger partial charge in [-0.1, -0.05) is 32.9 Å². The molecule has 0 radical (unpaired) electrons. The van der Waals surface area contributed by atoms with Crippen molar-refractivity contribution in [2.75, 3.05) is 33.5 Å². The highest BCUT2D eigenvalue weighted by Crippen LogP contribution is 2.43. The molecule has 4 aliphatic heterocycles. The summed E-state index contributed by atoms with van der Waals surface area (Å²) < 4.78 is 26.0. The van der Waals surface area contributed by atoms with Crippen LogP contribution in [0.3, 0.4) is 0 Å². The number of carbonyl (C=O) groups is 3. The molecule has 6 atom stereocenters. The predicted molar refractivity (Wildman–Crippen MR) is 239 cm³/mol. The number of fused-ring (bicyclic) bond motifs is 8. The maximum atomic E-state index is 14.3. The van der Waals surface area contributed by atoms with Crippen molar-refractivity contribution in [1.29, 1.82) is 0 Å². The quantitative estimate of drug-likeness (QED) is 0.167. The number of nitrogens with one attached hydrogen (secondary N) is 3. The molecule has 14 nitrogen and oxygen atoms in total. The summed E-state index contributed by atoms with van der Waals surface area (Å²) in [5.74, 6) is -1.34. The highest BCUT2D eigenvalue weighted by atomic mass is 32.1. The molecule has 15 heteroatoms. The molecule has 2 saturated heterocycles. The number of pyridine rings is 1.